The summed E-state index contributed by atoms with van der Waals surface area (Å²) < 4.78 is 6.24. The van der Waals surface area contributed by atoms with Gasteiger partial charge in [-0.25, -0.2) is 0 Å². The molecule has 0 spiro atoms. The normalized spacial score (nSPS) is 20.3. The minimum Gasteiger partial charge on any atom is -0.453 e. The largest absolute Gasteiger partial charge is 0.453 e. The van der Waals surface area contributed by atoms with Gasteiger partial charge in [-0.1, -0.05) is 73.1 Å². The number of rotatable bonds is 5. The molecule has 1 saturated carbocycles. The van der Waals surface area contributed by atoms with Gasteiger partial charge in [-0.2, -0.15) is 0 Å². The molecule has 1 heterocycles. The third-order valence-corrected chi connectivity index (χ3v) is 6.36. The highest BCUT2D eigenvalue weighted by Gasteiger charge is 2.28. The van der Waals surface area contributed by atoms with Crippen molar-refractivity contribution in [2.45, 2.75) is 94.4 Å². The molecule has 0 unspecified atom stereocenters. The van der Waals surface area contributed by atoms with E-state index in [0.29, 0.717) is 17.1 Å². The Hall–Kier alpha value is -1.57. The number of allylic oxidation sites excluding steroid dienone is 2. The minimum atomic E-state index is -0.0679. The summed E-state index contributed by atoms with van der Waals surface area (Å²) in [7, 11) is 0. The topological polar surface area (TPSA) is 30.2 Å². The van der Waals surface area contributed by atoms with Crippen LogP contribution in [0.25, 0.3) is 11.6 Å². The first-order valence-electron chi connectivity index (χ1n) is 11.4. The number of hydrogen-bond donors (Lipinski definition) is 0. The van der Waals surface area contributed by atoms with Crippen molar-refractivity contribution in [1.82, 2.24) is 0 Å². The fourth-order valence-corrected chi connectivity index (χ4v) is 4.22. The zero-order valence-corrected chi connectivity index (χ0v) is 20.2. The van der Waals surface area contributed by atoms with Gasteiger partial charge in [0.25, 0.3) is 0 Å². The van der Waals surface area contributed by atoms with Crippen LogP contribution in [0.5, 0.6) is 0 Å². The van der Waals surface area contributed by atoms with Crippen LogP contribution in [0.15, 0.2) is 22.1 Å². The summed E-state index contributed by atoms with van der Waals surface area (Å²) in [4.78, 5) is 12.6. The molecule has 0 saturated heterocycles. The summed E-state index contributed by atoms with van der Waals surface area (Å²) >= 11 is 0. The Morgan fingerprint density at radius 3 is 2.31 bits per heavy atom. The molecule has 1 fully saturated rings. The fourth-order valence-electron chi connectivity index (χ4n) is 4.22. The van der Waals surface area contributed by atoms with E-state index in [9.17, 15) is 4.79 Å². The Morgan fingerprint density at radius 2 is 1.83 bits per heavy atom. The number of carbonyl (C=O) groups is 1. The lowest BCUT2D eigenvalue weighted by Gasteiger charge is -2.35. The first-order valence-corrected chi connectivity index (χ1v) is 11.4. The first kappa shape index (κ1) is 23.7. The van der Waals surface area contributed by atoms with Gasteiger partial charge in [-0.15, -0.1) is 0 Å². The van der Waals surface area contributed by atoms with E-state index in [1.54, 1.807) is 0 Å². The third kappa shape index (κ3) is 5.96. The smallest absolute Gasteiger partial charge is 0.200 e. The van der Waals surface area contributed by atoms with Gasteiger partial charge in [0.2, 0.25) is 5.78 Å². The van der Waals surface area contributed by atoms with Gasteiger partial charge in [-0.05, 0) is 61.8 Å². The van der Waals surface area contributed by atoms with Crippen LogP contribution in [0.1, 0.15) is 105 Å². The average molecular weight is 399 g/mol. The van der Waals surface area contributed by atoms with Gasteiger partial charge in [0.05, 0.1) is 0 Å². The van der Waals surface area contributed by atoms with E-state index in [1.807, 2.05) is 19.9 Å². The van der Waals surface area contributed by atoms with Crippen molar-refractivity contribution in [3.63, 3.8) is 0 Å². The molecule has 2 heteroatoms. The molecule has 0 aromatic carbocycles. The standard InChI is InChI=1S/C27H42O2/c1-10-11-21-17-23(24(28)18(2)3)29-25(21)22(26(5,6)7)16-19(4)20-12-14-27(8,9)15-13-20/h11,16-18,20H,10,12-15H2,1-9H3/b19-16+,21-11+,25-22-. The fraction of sp³-hybridized carbons (Fsp3) is 0.667. The predicted octanol–water partition coefficient (Wildman–Crippen LogP) is 6.67. The quantitative estimate of drug-likeness (QED) is 0.519. The van der Waals surface area contributed by atoms with Crippen LogP contribution in [-0.2, 0) is 0 Å². The molecule has 0 radical (unpaired) electrons. The Balaban J connectivity index is 2.62. The van der Waals surface area contributed by atoms with Crippen LogP contribution in [0.4, 0.5) is 0 Å². The second-order valence-corrected chi connectivity index (χ2v) is 11.0. The number of ketones is 1. The molecule has 0 amide bonds. The highest BCUT2D eigenvalue weighted by atomic mass is 16.3. The Bertz CT molecular complexity index is 859. The van der Waals surface area contributed by atoms with Crippen molar-refractivity contribution in [1.29, 1.82) is 0 Å². The molecule has 1 aromatic rings. The number of hydrogen-bond acceptors (Lipinski definition) is 2. The van der Waals surface area contributed by atoms with E-state index in [2.05, 4.69) is 60.6 Å². The Morgan fingerprint density at radius 1 is 1.24 bits per heavy atom. The molecule has 1 aliphatic carbocycles. The van der Waals surface area contributed by atoms with Crippen molar-refractivity contribution in [3.05, 3.63) is 34.1 Å². The van der Waals surface area contributed by atoms with E-state index in [1.165, 1.54) is 36.8 Å². The lowest BCUT2D eigenvalue weighted by Crippen LogP contribution is -2.28. The lowest BCUT2D eigenvalue weighted by atomic mass is 9.71. The van der Waals surface area contributed by atoms with Gasteiger partial charge in [0.15, 0.2) is 5.76 Å². The van der Waals surface area contributed by atoms with E-state index < -0.39 is 0 Å². The second kappa shape index (κ2) is 9.06. The average Bonchev–Trinajstić information content (AvgIpc) is 3.01. The third-order valence-electron chi connectivity index (χ3n) is 6.36. The molecule has 0 aliphatic heterocycles. The van der Waals surface area contributed by atoms with E-state index in [0.717, 1.165) is 17.1 Å². The van der Waals surface area contributed by atoms with Crippen molar-refractivity contribution < 1.29 is 9.21 Å². The maximum atomic E-state index is 12.6. The maximum Gasteiger partial charge on any atom is 0.200 e. The van der Waals surface area contributed by atoms with Crippen molar-refractivity contribution in [3.8, 4) is 0 Å². The SMILES string of the molecule is CC\C=c1/cc(C(=O)C(C)C)o/c1=C(/C=C(\C)C1CCC(C)(C)CC1)C(C)(C)C. The molecule has 1 aliphatic rings. The second-order valence-electron chi connectivity index (χ2n) is 11.0. The van der Waals surface area contributed by atoms with Crippen LogP contribution in [-0.4, -0.2) is 5.78 Å². The first-order chi connectivity index (χ1) is 13.4. The molecule has 162 valence electrons. The molecule has 0 bridgehead atoms. The number of carbonyl (C=O) groups excluding carboxylic acids is 1. The highest BCUT2D eigenvalue weighted by Crippen LogP contribution is 2.41. The maximum absolute atomic E-state index is 12.6. The van der Waals surface area contributed by atoms with Gasteiger partial charge in [0, 0.05) is 16.7 Å². The highest BCUT2D eigenvalue weighted by molar-refractivity contribution is 5.94. The molecular formula is C27H42O2. The monoisotopic (exact) mass is 398 g/mol. The molecular weight excluding hydrogens is 356 g/mol. The van der Waals surface area contributed by atoms with Gasteiger partial charge >= 0.3 is 0 Å². The van der Waals surface area contributed by atoms with Crippen LogP contribution in [0.2, 0.25) is 0 Å². The molecule has 29 heavy (non-hydrogen) atoms. The van der Waals surface area contributed by atoms with E-state index in [4.69, 9.17) is 4.42 Å². The van der Waals surface area contributed by atoms with E-state index in [-0.39, 0.29) is 17.1 Å². The molecule has 0 atom stereocenters. The van der Waals surface area contributed by atoms with Gasteiger partial charge < -0.3 is 4.42 Å². The number of furan rings is 1. The van der Waals surface area contributed by atoms with Crippen molar-refractivity contribution in [2.24, 2.45) is 22.7 Å². The summed E-state index contributed by atoms with van der Waals surface area (Å²) in [6, 6.07) is 1.94. The van der Waals surface area contributed by atoms with Crippen molar-refractivity contribution in [2.75, 3.05) is 0 Å². The summed E-state index contributed by atoms with van der Waals surface area (Å²) in [6.45, 7) is 19.7. The molecule has 2 nitrogen and oxygen atoms in total. The van der Waals surface area contributed by atoms with Crippen LogP contribution in [0, 0.1) is 22.7 Å². The van der Waals surface area contributed by atoms with Gasteiger partial charge in [0.1, 0.15) is 5.42 Å². The lowest BCUT2D eigenvalue weighted by molar-refractivity contribution is 0.0909. The molecule has 0 N–H and O–H groups in total. The summed E-state index contributed by atoms with van der Waals surface area (Å²) in [5, 5.41) is 1.05. The Kier molecular flexibility index (Phi) is 7.41. The summed E-state index contributed by atoms with van der Waals surface area (Å²) in [6.07, 6.45) is 10.5. The summed E-state index contributed by atoms with van der Waals surface area (Å²) in [5.74, 6) is 1.14. The zero-order valence-electron chi connectivity index (χ0n) is 20.2. The molecule has 1 aromatic heterocycles. The van der Waals surface area contributed by atoms with Crippen LogP contribution >= 0.6 is 0 Å². The number of Topliss-reactive ketones (excluding diaryl/α,β-unsaturated/α-hetero) is 1. The van der Waals surface area contributed by atoms with Crippen molar-refractivity contribution >= 4 is 17.4 Å². The van der Waals surface area contributed by atoms with Crippen LogP contribution < -0.4 is 10.6 Å². The molecule has 2 rings (SSSR count). The summed E-state index contributed by atoms with van der Waals surface area (Å²) in [5.41, 5.74) is 3.92. The minimum absolute atomic E-state index is 0.0653. The Labute approximate surface area is 178 Å². The zero-order chi connectivity index (χ0) is 22.0. The van der Waals surface area contributed by atoms with Gasteiger partial charge in [-0.3, -0.25) is 4.79 Å². The predicted molar refractivity (Wildman–Crippen MR) is 124 cm³/mol. The van der Waals surface area contributed by atoms with E-state index >= 15 is 0 Å². The van der Waals surface area contributed by atoms with Crippen LogP contribution in [0.3, 0.4) is 0 Å².